The minimum absolute atomic E-state index is 0.00332. The Hall–Kier alpha value is -2.87. The Morgan fingerprint density at radius 2 is 2.25 bits per heavy atom. The van der Waals surface area contributed by atoms with Crippen LogP contribution in [0.3, 0.4) is 0 Å². The van der Waals surface area contributed by atoms with Crippen LogP contribution in [0.5, 0.6) is 0 Å². The van der Waals surface area contributed by atoms with Gasteiger partial charge >= 0.3 is 5.97 Å². The number of pyridine rings is 1. The van der Waals surface area contributed by atoms with Crippen molar-refractivity contribution < 1.29 is 9.53 Å². The van der Waals surface area contributed by atoms with Gasteiger partial charge in [-0.2, -0.15) is 5.26 Å². The molecule has 0 saturated carbocycles. The summed E-state index contributed by atoms with van der Waals surface area (Å²) in [5, 5.41) is 8.90. The Balaban J connectivity index is 2.09. The first kappa shape index (κ1) is 13.6. The molecule has 1 aromatic carbocycles. The van der Waals surface area contributed by atoms with Crippen LogP contribution < -0.4 is 5.73 Å². The SMILES string of the molecule is Cc1ccc(C(=O)OCc2cccnc2C#N)cc1N. The van der Waals surface area contributed by atoms with Gasteiger partial charge in [-0.25, -0.2) is 9.78 Å². The Kier molecular flexibility index (Phi) is 3.96. The molecule has 0 aliphatic heterocycles. The molecule has 2 aromatic rings. The fourth-order valence-corrected chi connectivity index (χ4v) is 1.65. The summed E-state index contributed by atoms with van der Waals surface area (Å²) in [4.78, 5) is 15.8. The predicted molar refractivity (Wildman–Crippen MR) is 73.7 cm³/mol. The van der Waals surface area contributed by atoms with Gasteiger partial charge in [-0.3, -0.25) is 0 Å². The van der Waals surface area contributed by atoms with Crippen molar-refractivity contribution in [3.8, 4) is 6.07 Å². The fraction of sp³-hybridized carbons (Fsp3) is 0.133. The van der Waals surface area contributed by atoms with E-state index in [-0.39, 0.29) is 12.3 Å². The smallest absolute Gasteiger partial charge is 0.338 e. The first-order valence-electron chi connectivity index (χ1n) is 5.99. The third kappa shape index (κ3) is 2.93. The van der Waals surface area contributed by atoms with E-state index in [4.69, 9.17) is 15.7 Å². The monoisotopic (exact) mass is 267 g/mol. The van der Waals surface area contributed by atoms with Gasteiger partial charge in [-0.05, 0) is 30.7 Å². The number of anilines is 1. The van der Waals surface area contributed by atoms with Gasteiger partial charge < -0.3 is 10.5 Å². The molecule has 2 N–H and O–H groups in total. The van der Waals surface area contributed by atoms with Crippen molar-refractivity contribution in [1.82, 2.24) is 4.98 Å². The maximum Gasteiger partial charge on any atom is 0.338 e. The standard InChI is InChI=1S/C15H13N3O2/c1-10-4-5-11(7-13(10)17)15(19)20-9-12-3-2-6-18-14(12)8-16/h2-7H,9,17H2,1H3. The lowest BCUT2D eigenvalue weighted by molar-refractivity contribution is 0.0472. The summed E-state index contributed by atoms with van der Waals surface area (Å²) in [7, 11) is 0. The molecule has 5 heteroatoms. The van der Waals surface area contributed by atoms with Crippen LogP contribution in [0.4, 0.5) is 5.69 Å². The topological polar surface area (TPSA) is 89.0 Å². The van der Waals surface area contributed by atoms with Crippen molar-refractivity contribution >= 4 is 11.7 Å². The molecule has 5 nitrogen and oxygen atoms in total. The van der Waals surface area contributed by atoms with E-state index in [2.05, 4.69) is 4.98 Å². The summed E-state index contributed by atoms with van der Waals surface area (Å²) in [6.07, 6.45) is 1.52. The van der Waals surface area contributed by atoms with E-state index in [0.717, 1.165) is 5.56 Å². The van der Waals surface area contributed by atoms with Crippen LogP contribution in [-0.4, -0.2) is 11.0 Å². The lowest BCUT2D eigenvalue weighted by Crippen LogP contribution is -2.07. The molecule has 2 rings (SSSR count). The van der Waals surface area contributed by atoms with E-state index < -0.39 is 5.97 Å². The number of aromatic nitrogens is 1. The molecule has 1 heterocycles. The number of nitrogens with zero attached hydrogens (tertiary/aromatic N) is 2. The zero-order valence-corrected chi connectivity index (χ0v) is 11.0. The van der Waals surface area contributed by atoms with Crippen LogP contribution in [0.25, 0.3) is 0 Å². The van der Waals surface area contributed by atoms with Gasteiger partial charge in [0.1, 0.15) is 18.4 Å². The van der Waals surface area contributed by atoms with E-state index in [0.29, 0.717) is 16.8 Å². The minimum atomic E-state index is -0.482. The second-order valence-electron chi connectivity index (χ2n) is 4.27. The van der Waals surface area contributed by atoms with Crippen LogP contribution in [0.15, 0.2) is 36.5 Å². The van der Waals surface area contributed by atoms with Crippen LogP contribution in [-0.2, 0) is 11.3 Å². The quantitative estimate of drug-likeness (QED) is 0.680. The number of esters is 1. The number of hydrogen-bond acceptors (Lipinski definition) is 5. The third-order valence-corrected chi connectivity index (χ3v) is 2.87. The first-order chi connectivity index (χ1) is 9.61. The number of benzene rings is 1. The number of hydrogen-bond donors (Lipinski definition) is 1. The van der Waals surface area contributed by atoms with E-state index >= 15 is 0 Å². The highest BCUT2D eigenvalue weighted by atomic mass is 16.5. The first-order valence-corrected chi connectivity index (χ1v) is 5.99. The van der Waals surface area contributed by atoms with E-state index in [1.807, 2.05) is 13.0 Å². The Morgan fingerprint density at radius 1 is 1.45 bits per heavy atom. The van der Waals surface area contributed by atoms with E-state index in [1.165, 1.54) is 6.20 Å². The molecule has 1 aromatic heterocycles. The molecule has 0 radical (unpaired) electrons. The normalized spacial score (nSPS) is 9.80. The summed E-state index contributed by atoms with van der Waals surface area (Å²) < 4.78 is 5.17. The van der Waals surface area contributed by atoms with Crippen molar-refractivity contribution in [1.29, 1.82) is 5.26 Å². The zero-order valence-electron chi connectivity index (χ0n) is 11.0. The van der Waals surface area contributed by atoms with E-state index in [1.54, 1.807) is 30.3 Å². The van der Waals surface area contributed by atoms with Crippen LogP contribution >= 0.6 is 0 Å². The minimum Gasteiger partial charge on any atom is -0.457 e. The summed E-state index contributed by atoms with van der Waals surface area (Å²) in [6, 6.07) is 10.3. The number of nitrogen functional groups attached to an aromatic ring is 1. The highest BCUT2D eigenvalue weighted by Crippen LogP contribution is 2.15. The van der Waals surface area contributed by atoms with Gasteiger partial charge in [0.05, 0.1) is 5.56 Å². The number of rotatable bonds is 3. The van der Waals surface area contributed by atoms with Crippen LogP contribution in [0, 0.1) is 18.3 Å². The number of ether oxygens (including phenoxy) is 1. The van der Waals surface area contributed by atoms with Crippen molar-refractivity contribution in [2.24, 2.45) is 0 Å². The van der Waals surface area contributed by atoms with Crippen LogP contribution in [0.1, 0.15) is 27.2 Å². The summed E-state index contributed by atoms with van der Waals surface area (Å²) in [5.74, 6) is -0.482. The average molecular weight is 267 g/mol. The zero-order chi connectivity index (χ0) is 14.5. The second kappa shape index (κ2) is 5.85. The Bertz CT molecular complexity index is 690. The van der Waals surface area contributed by atoms with Crippen molar-refractivity contribution in [2.75, 3.05) is 5.73 Å². The predicted octanol–water partition coefficient (Wildman–Crippen LogP) is 2.20. The Labute approximate surface area is 116 Å². The van der Waals surface area contributed by atoms with Crippen molar-refractivity contribution in [3.05, 3.63) is 58.9 Å². The number of nitriles is 1. The number of aryl methyl sites for hydroxylation is 1. The van der Waals surface area contributed by atoms with Gasteiger partial charge in [0, 0.05) is 17.4 Å². The third-order valence-electron chi connectivity index (χ3n) is 2.87. The molecule has 0 atom stereocenters. The average Bonchev–Trinajstić information content (AvgIpc) is 2.47. The maximum atomic E-state index is 11.9. The van der Waals surface area contributed by atoms with Crippen molar-refractivity contribution in [3.63, 3.8) is 0 Å². The highest BCUT2D eigenvalue weighted by molar-refractivity contribution is 5.90. The molecular formula is C15H13N3O2. The summed E-state index contributed by atoms with van der Waals surface area (Å²) >= 11 is 0. The lowest BCUT2D eigenvalue weighted by atomic mass is 10.1. The van der Waals surface area contributed by atoms with E-state index in [9.17, 15) is 4.79 Å². The van der Waals surface area contributed by atoms with Gasteiger partial charge in [-0.1, -0.05) is 12.1 Å². The van der Waals surface area contributed by atoms with Crippen molar-refractivity contribution in [2.45, 2.75) is 13.5 Å². The van der Waals surface area contributed by atoms with Crippen LogP contribution in [0.2, 0.25) is 0 Å². The molecule has 0 aliphatic carbocycles. The van der Waals surface area contributed by atoms with Gasteiger partial charge in [0.25, 0.3) is 0 Å². The molecular weight excluding hydrogens is 254 g/mol. The molecule has 0 bridgehead atoms. The Morgan fingerprint density at radius 3 is 2.95 bits per heavy atom. The number of nitrogens with two attached hydrogens (primary N) is 1. The molecule has 0 aliphatic rings. The highest BCUT2D eigenvalue weighted by Gasteiger charge is 2.10. The molecule has 0 amide bonds. The largest absolute Gasteiger partial charge is 0.457 e. The molecule has 100 valence electrons. The van der Waals surface area contributed by atoms with Gasteiger partial charge in [-0.15, -0.1) is 0 Å². The molecule has 0 unspecified atom stereocenters. The fourth-order valence-electron chi connectivity index (χ4n) is 1.65. The number of carbonyl (C=O) groups is 1. The maximum absolute atomic E-state index is 11.9. The molecule has 20 heavy (non-hydrogen) atoms. The molecule has 0 saturated heterocycles. The summed E-state index contributed by atoms with van der Waals surface area (Å²) in [6.45, 7) is 1.86. The molecule has 0 spiro atoms. The lowest BCUT2D eigenvalue weighted by Gasteiger charge is -2.07. The second-order valence-corrected chi connectivity index (χ2v) is 4.27. The van der Waals surface area contributed by atoms with Gasteiger partial charge in [0.15, 0.2) is 0 Å². The van der Waals surface area contributed by atoms with Gasteiger partial charge in [0.2, 0.25) is 0 Å². The summed E-state index contributed by atoms with van der Waals surface area (Å²) in [5.41, 5.74) is 8.40. The number of carbonyl (C=O) groups excluding carboxylic acids is 1. The molecule has 0 fully saturated rings.